The molecule has 0 spiro atoms. The van der Waals surface area contributed by atoms with Crippen LogP contribution in [-0.4, -0.2) is 21.7 Å². The van der Waals surface area contributed by atoms with E-state index in [1.807, 2.05) is 0 Å². The first-order valence-corrected chi connectivity index (χ1v) is 8.13. The Morgan fingerprint density at radius 1 is 0.964 bits per heavy atom. The molecule has 0 fully saturated rings. The summed E-state index contributed by atoms with van der Waals surface area (Å²) in [5, 5.41) is 12.3. The van der Waals surface area contributed by atoms with Gasteiger partial charge in [-0.25, -0.2) is 0 Å². The van der Waals surface area contributed by atoms with Crippen LogP contribution in [0.25, 0.3) is 22.1 Å². The standard InChI is InChI=1S/C19H12F3N3O3/c20-19(21,22)27-15-6-3-12(4-7-15)13-5-8-17-16(10-13)18(25-28-17)26-11-14-2-1-9-23-24-14/h1-10H,11H2. The Bertz CT molecular complexity index is 1080. The van der Waals surface area contributed by atoms with Crippen molar-refractivity contribution in [2.75, 3.05) is 0 Å². The van der Waals surface area contributed by atoms with Crippen LogP contribution in [0.15, 0.2) is 65.3 Å². The van der Waals surface area contributed by atoms with Gasteiger partial charge >= 0.3 is 6.36 Å². The quantitative estimate of drug-likeness (QED) is 0.492. The highest BCUT2D eigenvalue weighted by Crippen LogP contribution is 2.32. The van der Waals surface area contributed by atoms with Crippen LogP contribution in [0.3, 0.4) is 0 Å². The zero-order valence-electron chi connectivity index (χ0n) is 14.2. The van der Waals surface area contributed by atoms with Crippen molar-refractivity contribution in [1.82, 2.24) is 15.4 Å². The van der Waals surface area contributed by atoms with Gasteiger partial charge in [-0.15, -0.1) is 13.2 Å². The molecule has 142 valence electrons. The Balaban J connectivity index is 1.57. The summed E-state index contributed by atoms with van der Waals surface area (Å²) < 4.78 is 51.6. The Kier molecular flexibility index (Phi) is 4.56. The van der Waals surface area contributed by atoms with E-state index in [0.29, 0.717) is 28.1 Å². The fourth-order valence-corrected chi connectivity index (χ4v) is 2.60. The van der Waals surface area contributed by atoms with Gasteiger partial charge in [0.05, 0.1) is 5.39 Å². The Labute approximate surface area is 156 Å². The maximum absolute atomic E-state index is 12.3. The van der Waals surface area contributed by atoms with E-state index in [-0.39, 0.29) is 12.4 Å². The number of benzene rings is 2. The van der Waals surface area contributed by atoms with Crippen molar-refractivity contribution in [3.05, 3.63) is 66.5 Å². The van der Waals surface area contributed by atoms with E-state index in [9.17, 15) is 13.2 Å². The van der Waals surface area contributed by atoms with Gasteiger partial charge in [0.25, 0.3) is 5.88 Å². The van der Waals surface area contributed by atoms with Crippen LogP contribution in [0.5, 0.6) is 11.6 Å². The van der Waals surface area contributed by atoms with Gasteiger partial charge < -0.3 is 14.0 Å². The summed E-state index contributed by atoms with van der Waals surface area (Å²) in [6, 6.07) is 14.4. The Hall–Kier alpha value is -3.62. The van der Waals surface area contributed by atoms with Crippen molar-refractivity contribution in [2.45, 2.75) is 13.0 Å². The van der Waals surface area contributed by atoms with Gasteiger partial charge in [0, 0.05) is 6.20 Å². The molecule has 4 aromatic rings. The smallest absolute Gasteiger partial charge is 0.468 e. The summed E-state index contributed by atoms with van der Waals surface area (Å²) in [6.07, 6.45) is -3.16. The number of hydrogen-bond donors (Lipinski definition) is 0. The predicted molar refractivity (Wildman–Crippen MR) is 92.5 cm³/mol. The molecule has 4 rings (SSSR count). The van der Waals surface area contributed by atoms with Gasteiger partial charge in [0.15, 0.2) is 5.58 Å². The van der Waals surface area contributed by atoms with Crippen LogP contribution >= 0.6 is 0 Å². The molecular formula is C19H12F3N3O3. The van der Waals surface area contributed by atoms with Gasteiger partial charge in [0.2, 0.25) is 0 Å². The van der Waals surface area contributed by atoms with Crippen molar-refractivity contribution in [2.24, 2.45) is 0 Å². The van der Waals surface area contributed by atoms with Crippen molar-refractivity contribution < 1.29 is 27.2 Å². The van der Waals surface area contributed by atoms with Crippen LogP contribution in [0.1, 0.15) is 5.69 Å². The van der Waals surface area contributed by atoms with E-state index in [4.69, 9.17) is 9.26 Å². The second-order valence-corrected chi connectivity index (χ2v) is 5.77. The molecule has 0 aliphatic heterocycles. The molecule has 0 bridgehead atoms. The molecule has 0 N–H and O–H groups in total. The number of nitrogens with zero attached hydrogens (tertiary/aromatic N) is 3. The van der Waals surface area contributed by atoms with Crippen LogP contribution in [0, 0.1) is 0 Å². The second kappa shape index (κ2) is 7.18. The van der Waals surface area contributed by atoms with Crippen LogP contribution in [0.2, 0.25) is 0 Å². The number of hydrogen-bond acceptors (Lipinski definition) is 6. The number of rotatable bonds is 5. The first kappa shape index (κ1) is 17.8. The van der Waals surface area contributed by atoms with E-state index in [0.717, 1.165) is 5.56 Å². The first-order valence-electron chi connectivity index (χ1n) is 8.13. The predicted octanol–water partition coefficient (Wildman–Crippen LogP) is 4.76. The number of halogens is 3. The summed E-state index contributed by atoms with van der Waals surface area (Å²) >= 11 is 0. The van der Waals surface area contributed by atoms with E-state index >= 15 is 0 Å². The minimum absolute atomic E-state index is 0.170. The lowest BCUT2D eigenvalue weighted by Crippen LogP contribution is -2.16. The highest BCUT2D eigenvalue weighted by Gasteiger charge is 2.30. The molecule has 6 nitrogen and oxygen atoms in total. The van der Waals surface area contributed by atoms with Gasteiger partial charge in [-0.1, -0.05) is 18.2 Å². The van der Waals surface area contributed by atoms with Crippen molar-refractivity contribution in [3.8, 4) is 22.8 Å². The van der Waals surface area contributed by atoms with Gasteiger partial charge in [-0.05, 0) is 52.7 Å². The molecule has 0 amide bonds. The lowest BCUT2D eigenvalue weighted by Gasteiger charge is -2.09. The van der Waals surface area contributed by atoms with Crippen LogP contribution in [0.4, 0.5) is 13.2 Å². The summed E-state index contributed by atoms with van der Waals surface area (Å²) in [5.74, 6) is 0.00910. The Morgan fingerprint density at radius 3 is 2.46 bits per heavy atom. The molecule has 0 aliphatic carbocycles. The highest BCUT2D eigenvalue weighted by atomic mass is 19.4. The molecule has 2 aromatic heterocycles. The maximum atomic E-state index is 12.3. The summed E-state index contributed by atoms with van der Waals surface area (Å²) in [4.78, 5) is 0. The molecule has 0 atom stereocenters. The number of fused-ring (bicyclic) bond motifs is 1. The van der Waals surface area contributed by atoms with Crippen molar-refractivity contribution in [1.29, 1.82) is 0 Å². The minimum atomic E-state index is -4.72. The fourth-order valence-electron chi connectivity index (χ4n) is 2.60. The van der Waals surface area contributed by atoms with Gasteiger partial charge in [-0.2, -0.15) is 10.2 Å². The molecule has 0 saturated heterocycles. The molecule has 0 saturated carbocycles. The average Bonchev–Trinajstić information content (AvgIpc) is 3.09. The second-order valence-electron chi connectivity index (χ2n) is 5.77. The van der Waals surface area contributed by atoms with E-state index in [1.54, 1.807) is 36.5 Å². The van der Waals surface area contributed by atoms with E-state index < -0.39 is 6.36 Å². The first-order chi connectivity index (χ1) is 13.5. The summed E-state index contributed by atoms with van der Waals surface area (Å²) in [7, 11) is 0. The minimum Gasteiger partial charge on any atom is -0.468 e. The monoisotopic (exact) mass is 387 g/mol. The molecule has 0 aliphatic rings. The zero-order valence-corrected chi connectivity index (χ0v) is 14.2. The number of alkyl halides is 3. The molecule has 9 heteroatoms. The molecule has 2 heterocycles. The molecule has 2 aromatic carbocycles. The third-order valence-electron chi connectivity index (χ3n) is 3.84. The third kappa shape index (κ3) is 4.03. The SMILES string of the molecule is FC(F)(F)Oc1ccc(-c2ccc3onc(OCc4cccnn4)c3c2)cc1. The van der Waals surface area contributed by atoms with Crippen molar-refractivity contribution >= 4 is 11.0 Å². The van der Waals surface area contributed by atoms with E-state index in [1.165, 1.54) is 24.3 Å². The molecule has 0 radical (unpaired) electrons. The Morgan fingerprint density at radius 2 is 1.75 bits per heavy atom. The van der Waals surface area contributed by atoms with Crippen LogP contribution in [-0.2, 0) is 6.61 Å². The topological polar surface area (TPSA) is 70.3 Å². The third-order valence-corrected chi connectivity index (χ3v) is 3.84. The lowest BCUT2D eigenvalue weighted by molar-refractivity contribution is -0.274. The molecular weight excluding hydrogens is 375 g/mol. The van der Waals surface area contributed by atoms with Gasteiger partial charge in [-0.3, -0.25) is 0 Å². The van der Waals surface area contributed by atoms with Crippen molar-refractivity contribution in [3.63, 3.8) is 0 Å². The summed E-state index contributed by atoms with van der Waals surface area (Å²) in [6.45, 7) is 0.170. The number of aromatic nitrogens is 3. The largest absolute Gasteiger partial charge is 0.573 e. The zero-order chi connectivity index (χ0) is 19.6. The van der Waals surface area contributed by atoms with Crippen LogP contribution < -0.4 is 9.47 Å². The average molecular weight is 387 g/mol. The number of ether oxygens (including phenoxy) is 2. The summed E-state index contributed by atoms with van der Waals surface area (Å²) in [5.41, 5.74) is 2.63. The fraction of sp³-hybridized carbons (Fsp3) is 0.105. The lowest BCUT2D eigenvalue weighted by atomic mass is 10.0. The molecule has 28 heavy (non-hydrogen) atoms. The normalized spacial score (nSPS) is 11.5. The maximum Gasteiger partial charge on any atom is 0.573 e. The highest BCUT2D eigenvalue weighted by molar-refractivity contribution is 5.87. The van der Waals surface area contributed by atoms with E-state index in [2.05, 4.69) is 20.1 Å². The van der Waals surface area contributed by atoms with Gasteiger partial charge in [0.1, 0.15) is 18.1 Å². The molecule has 0 unspecified atom stereocenters.